The van der Waals surface area contributed by atoms with Crippen LogP contribution in [0.1, 0.15) is 15.9 Å². The number of fused-ring (bicyclic) bond motifs is 1. The van der Waals surface area contributed by atoms with E-state index in [4.69, 9.17) is 0 Å². The van der Waals surface area contributed by atoms with Crippen molar-refractivity contribution in [2.24, 2.45) is 5.10 Å². The molecule has 0 fully saturated rings. The second kappa shape index (κ2) is 5.93. The monoisotopic (exact) mass is 341 g/mol. The molecule has 0 saturated carbocycles. The molecule has 3 rings (SSSR count). The van der Waals surface area contributed by atoms with E-state index in [1.54, 1.807) is 12.4 Å². The molecule has 1 heterocycles. The molecule has 0 aliphatic carbocycles. The molecular formula is C16H12BrN3O. The van der Waals surface area contributed by atoms with Crippen molar-refractivity contribution in [3.8, 4) is 0 Å². The Morgan fingerprint density at radius 1 is 1.14 bits per heavy atom. The Hall–Kier alpha value is -2.40. The number of rotatable bonds is 3. The third-order valence-corrected chi connectivity index (χ3v) is 3.61. The standard InChI is InChI=1S/C16H12BrN3O/c17-12-7-5-11(6-8-12)9-19-20-16(21)14-10-18-15-4-2-1-3-13(14)15/h1-10,18H,(H,20,21)/b19-9-. The molecule has 3 aromatic rings. The van der Waals surface area contributed by atoms with Gasteiger partial charge in [-0.2, -0.15) is 5.10 Å². The topological polar surface area (TPSA) is 57.2 Å². The maximum Gasteiger partial charge on any atom is 0.273 e. The number of amides is 1. The van der Waals surface area contributed by atoms with Gasteiger partial charge < -0.3 is 4.98 Å². The van der Waals surface area contributed by atoms with Crippen molar-refractivity contribution in [2.75, 3.05) is 0 Å². The van der Waals surface area contributed by atoms with Crippen LogP contribution in [-0.2, 0) is 0 Å². The van der Waals surface area contributed by atoms with Crippen molar-refractivity contribution in [1.29, 1.82) is 0 Å². The Morgan fingerprint density at radius 3 is 2.71 bits per heavy atom. The molecule has 0 aliphatic heterocycles. The number of aromatic nitrogens is 1. The highest BCUT2D eigenvalue weighted by molar-refractivity contribution is 9.10. The average Bonchev–Trinajstić information content (AvgIpc) is 2.93. The minimum atomic E-state index is -0.235. The summed E-state index contributed by atoms with van der Waals surface area (Å²) in [7, 11) is 0. The predicted molar refractivity (Wildman–Crippen MR) is 87.5 cm³/mol. The van der Waals surface area contributed by atoms with Crippen LogP contribution in [-0.4, -0.2) is 17.1 Å². The minimum absolute atomic E-state index is 0.235. The molecule has 4 nitrogen and oxygen atoms in total. The van der Waals surface area contributed by atoms with E-state index in [0.717, 1.165) is 20.9 Å². The van der Waals surface area contributed by atoms with E-state index in [0.29, 0.717) is 5.56 Å². The maximum atomic E-state index is 12.1. The van der Waals surface area contributed by atoms with Crippen molar-refractivity contribution in [3.05, 3.63) is 70.3 Å². The van der Waals surface area contributed by atoms with Crippen LogP contribution < -0.4 is 5.43 Å². The number of H-pyrrole nitrogens is 1. The minimum Gasteiger partial charge on any atom is -0.360 e. The number of nitrogens with one attached hydrogen (secondary N) is 2. The third-order valence-electron chi connectivity index (χ3n) is 3.08. The molecule has 0 radical (unpaired) electrons. The van der Waals surface area contributed by atoms with Gasteiger partial charge in [0.2, 0.25) is 0 Å². The first kappa shape index (κ1) is 13.6. The van der Waals surface area contributed by atoms with E-state index >= 15 is 0 Å². The summed E-state index contributed by atoms with van der Waals surface area (Å²) >= 11 is 3.37. The van der Waals surface area contributed by atoms with Gasteiger partial charge in [0, 0.05) is 21.6 Å². The SMILES string of the molecule is O=C(N/N=C\c1ccc(Br)cc1)c1c[nH]c2ccccc12. The molecule has 2 N–H and O–H groups in total. The zero-order valence-corrected chi connectivity index (χ0v) is 12.6. The van der Waals surface area contributed by atoms with Gasteiger partial charge >= 0.3 is 0 Å². The number of hydrazone groups is 1. The highest BCUT2D eigenvalue weighted by Crippen LogP contribution is 2.17. The molecule has 1 aromatic heterocycles. The lowest BCUT2D eigenvalue weighted by atomic mass is 10.2. The van der Waals surface area contributed by atoms with Gasteiger partial charge in [0.1, 0.15) is 0 Å². The van der Waals surface area contributed by atoms with Crippen LogP contribution in [0.3, 0.4) is 0 Å². The fourth-order valence-electron chi connectivity index (χ4n) is 2.03. The molecule has 0 spiro atoms. The van der Waals surface area contributed by atoms with Crippen molar-refractivity contribution < 1.29 is 4.79 Å². The lowest BCUT2D eigenvalue weighted by Crippen LogP contribution is -2.17. The quantitative estimate of drug-likeness (QED) is 0.553. The van der Waals surface area contributed by atoms with Crippen LogP contribution in [0.4, 0.5) is 0 Å². The summed E-state index contributed by atoms with van der Waals surface area (Å²) < 4.78 is 1.00. The second-order valence-electron chi connectivity index (χ2n) is 4.50. The molecule has 0 bridgehead atoms. The largest absolute Gasteiger partial charge is 0.360 e. The summed E-state index contributed by atoms with van der Waals surface area (Å²) in [5.41, 5.74) is 4.97. The third kappa shape index (κ3) is 3.03. The van der Waals surface area contributed by atoms with Gasteiger partial charge in [0.05, 0.1) is 11.8 Å². The van der Waals surface area contributed by atoms with Crippen LogP contribution in [0.2, 0.25) is 0 Å². The Bertz CT molecular complexity index is 806. The zero-order valence-electron chi connectivity index (χ0n) is 11.0. The smallest absolute Gasteiger partial charge is 0.273 e. The Labute approximate surface area is 130 Å². The van der Waals surface area contributed by atoms with Gasteiger partial charge in [-0.25, -0.2) is 5.43 Å². The molecule has 0 unspecified atom stereocenters. The van der Waals surface area contributed by atoms with Crippen LogP contribution in [0, 0.1) is 0 Å². The molecule has 104 valence electrons. The van der Waals surface area contributed by atoms with Gasteiger partial charge in [-0.15, -0.1) is 0 Å². The predicted octanol–water partition coefficient (Wildman–Crippen LogP) is 3.69. The van der Waals surface area contributed by atoms with Gasteiger partial charge in [-0.1, -0.05) is 46.3 Å². The molecule has 5 heteroatoms. The van der Waals surface area contributed by atoms with E-state index in [-0.39, 0.29) is 5.91 Å². The Balaban J connectivity index is 1.73. The Morgan fingerprint density at radius 2 is 1.90 bits per heavy atom. The van der Waals surface area contributed by atoms with Gasteiger partial charge in [0.15, 0.2) is 0 Å². The van der Waals surface area contributed by atoms with Crippen molar-refractivity contribution in [1.82, 2.24) is 10.4 Å². The number of halogens is 1. The van der Waals surface area contributed by atoms with E-state index in [2.05, 4.69) is 31.4 Å². The van der Waals surface area contributed by atoms with Crippen molar-refractivity contribution in [2.45, 2.75) is 0 Å². The van der Waals surface area contributed by atoms with E-state index < -0.39 is 0 Å². The number of carbonyl (C=O) groups excluding carboxylic acids is 1. The fourth-order valence-corrected chi connectivity index (χ4v) is 2.30. The van der Waals surface area contributed by atoms with Crippen LogP contribution in [0.15, 0.2) is 64.3 Å². The van der Waals surface area contributed by atoms with E-state index in [1.165, 1.54) is 0 Å². The summed E-state index contributed by atoms with van der Waals surface area (Å²) in [5, 5.41) is 4.86. The first-order valence-corrected chi connectivity index (χ1v) is 7.18. The second-order valence-corrected chi connectivity index (χ2v) is 5.41. The fraction of sp³-hybridized carbons (Fsp3) is 0. The van der Waals surface area contributed by atoms with Gasteiger partial charge in [-0.05, 0) is 23.8 Å². The molecule has 0 aliphatic rings. The lowest BCUT2D eigenvalue weighted by Gasteiger charge is -1.98. The summed E-state index contributed by atoms with van der Waals surface area (Å²) in [4.78, 5) is 15.2. The molecule has 0 atom stereocenters. The highest BCUT2D eigenvalue weighted by atomic mass is 79.9. The summed E-state index contributed by atoms with van der Waals surface area (Å²) in [6.45, 7) is 0. The lowest BCUT2D eigenvalue weighted by molar-refractivity contribution is 0.0957. The van der Waals surface area contributed by atoms with Gasteiger partial charge in [-0.3, -0.25) is 4.79 Å². The number of nitrogens with zero attached hydrogens (tertiary/aromatic N) is 1. The number of aromatic amines is 1. The summed E-state index contributed by atoms with van der Waals surface area (Å²) in [6.07, 6.45) is 3.30. The summed E-state index contributed by atoms with van der Waals surface area (Å²) in [6, 6.07) is 15.3. The first-order valence-electron chi connectivity index (χ1n) is 6.39. The van der Waals surface area contributed by atoms with E-state index in [1.807, 2.05) is 48.5 Å². The number of hydrogen-bond acceptors (Lipinski definition) is 2. The molecular weight excluding hydrogens is 330 g/mol. The van der Waals surface area contributed by atoms with Gasteiger partial charge in [0.25, 0.3) is 5.91 Å². The number of para-hydroxylation sites is 1. The van der Waals surface area contributed by atoms with E-state index in [9.17, 15) is 4.79 Å². The van der Waals surface area contributed by atoms with Crippen molar-refractivity contribution in [3.63, 3.8) is 0 Å². The molecule has 0 saturated heterocycles. The Kier molecular flexibility index (Phi) is 3.83. The molecule has 1 amide bonds. The maximum absolute atomic E-state index is 12.1. The van der Waals surface area contributed by atoms with Crippen molar-refractivity contribution >= 4 is 39.0 Å². The van der Waals surface area contributed by atoms with Crippen LogP contribution >= 0.6 is 15.9 Å². The summed E-state index contributed by atoms with van der Waals surface area (Å²) in [5.74, 6) is -0.235. The number of hydrogen-bond donors (Lipinski definition) is 2. The zero-order chi connectivity index (χ0) is 14.7. The first-order chi connectivity index (χ1) is 10.2. The van der Waals surface area contributed by atoms with Crippen LogP contribution in [0.25, 0.3) is 10.9 Å². The van der Waals surface area contributed by atoms with Crippen LogP contribution in [0.5, 0.6) is 0 Å². The average molecular weight is 342 g/mol. The number of benzene rings is 2. The molecule has 2 aromatic carbocycles. The highest BCUT2D eigenvalue weighted by Gasteiger charge is 2.10. The molecule has 21 heavy (non-hydrogen) atoms. The normalized spacial score (nSPS) is 11.1. The number of carbonyl (C=O) groups is 1.